The number of nitrogens with zero attached hydrogens (tertiary/aromatic N) is 1. The Bertz CT molecular complexity index is 447. The van der Waals surface area contributed by atoms with Gasteiger partial charge in [0.25, 0.3) is 0 Å². The number of aryl methyl sites for hydroxylation is 1. The molecule has 0 bridgehead atoms. The van der Waals surface area contributed by atoms with Gasteiger partial charge in [-0.2, -0.15) is 4.31 Å². The molecule has 1 rings (SSSR count). The van der Waals surface area contributed by atoms with E-state index in [2.05, 4.69) is 0 Å². The van der Waals surface area contributed by atoms with Crippen LogP contribution in [0.1, 0.15) is 25.4 Å². The van der Waals surface area contributed by atoms with E-state index in [0.717, 1.165) is 0 Å². The quantitative estimate of drug-likeness (QED) is 0.843. The minimum absolute atomic E-state index is 0.203. The van der Waals surface area contributed by atoms with Crippen LogP contribution in [0.3, 0.4) is 0 Å². The van der Waals surface area contributed by atoms with Gasteiger partial charge in [-0.15, -0.1) is 0 Å². The average Bonchev–Trinajstić information content (AvgIpc) is 2.61. The fraction of sp³-hybridized carbons (Fsp3) is 0.600. The van der Waals surface area contributed by atoms with Gasteiger partial charge in [-0.25, -0.2) is 8.42 Å². The summed E-state index contributed by atoms with van der Waals surface area (Å²) in [5.41, 5.74) is 5.41. The summed E-state index contributed by atoms with van der Waals surface area (Å²) in [5.74, 6) is 0.885. The lowest BCUT2D eigenvalue weighted by Crippen LogP contribution is -2.30. The van der Waals surface area contributed by atoms with Gasteiger partial charge < -0.3 is 10.2 Å². The first-order valence-corrected chi connectivity index (χ1v) is 6.70. The van der Waals surface area contributed by atoms with Crippen LogP contribution in [0.5, 0.6) is 0 Å². The van der Waals surface area contributed by atoms with E-state index in [1.54, 1.807) is 20.8 Å². The zero-order valence-electron chi connectivity index (χ0n) is 9.86. The molecule has 6 heteroatoms. The Balaban J connectivity index is 3.21. The molecule has 0 radical (unpaired) electrons. The number of nitrogens with two attached hydrogens (primary N) is 1. The van der Waals surface area contributed by atoms with Crippen molar-refractivity contribution in [1.29, 1.82) is 0 Å². The number of rotatable bonds is 5. The van der Waals surface area contributed by atoms with Gasteiger partial charge >= 0.3 is 0 Å². The third-order valence-corrected chi connectivity index (χ3v) is 4.61. The van der Waals surface area contributed by atoms with Crippen LogP contribution in [0, 0.1) is 6.92 Å². The largest absolute Gasteiger partial charge is 0.464 e. The molecule has 0 spiro atoms. The van der Waals surface area contributed by atoms with Crippen LogP contribution in [-0.4, -0.2) is 25.8 Å². The molecule has 0 aliphatic heterocycles. The Morgan fingerprint density at radius 1 is 1.38 bits per heavy atom. The number of sulfonamides is 1. The molecule has 1 aromatic rings. The molecular formula is C10H18N2O3S. The normalized spacial score (nSPS) is 12.3. The first-order valence-electron chi connectivity index (χ1n) is 5.26. The summed E-state index contributed by atoms with van der Waals surface area (Å²) in [7, 11) is -3.44. The molecule has 0 aromatic carbocycles. The summed E-state index contributed by atoms with van der Waals surface area (Å²) in [6.45, 7) is 6.34. The van der Waals surface area contributed by atoms with E-state index in [9.17, 15) is 8.42 Å². The van der Waals surface area contributed by atoms with Crippen LogP contribution in [-0.2, 0) is 16.6 Å². The topological polar surface area (TPSA) is 76.5 Å². The number of furan rings is 1. The Morgan fingerprint density at radius 2 is 1.94 bits per heavy atom. The first kappa shape index (κ1) is 13.2. The van der Waals surface area contributed by atoms with Crippen molar-refractivity contribution in [3.8, 4) is 0 Å². The van der Waals surface area contributed by atoms with E-state index in [1.807, 2.05) is 0 Å². The highest BCUT2D eigenvalue weighted by Crippen LogP contribution is 2.23. The third kappa shape index (κ3) is 2.28. The lowest BCUT2D eigenvalue weighted by molar-refractivity contribution is 0.439. The highest BCUT2D eigenvalue weighted by molar-refractivity contribution is 7.89. The van der Waals surface area contributed by atoms with Gasteiger partial charge in [0.2, 0.25) is 10.0 Å². The zero-order valence-corrected chi connectivity index (χ0v) is 10.7. The molecule has 0 amide bonds. The maximum Gasteiger partial charge on any atom is 0.246 e. The van der Waals surface area contributed by atoms with Crippen LogP contribution in [0.2, 0.25) is 0 Å². The molecule has 2 N–H and O–H groups in total. The fourth-order valence-electron chi connectivity index (χ4n) is 1.58. The Labute approximate surface area is 96.3 Å². The smallest absolute Gasteiger partial charge is 0.246 e. The highest BCUT2D eigenvalue weighted by Gasteiger charge is 2.26. The standard InChI is InChI=1S/C10H18N2O3S/c1-4-12(5-2)16(13,14)10-6-9(7-11)15-8(10)3/h6H,4-5,7,11H2,1-3H3. The maximum atomic E-state index is 12.2. The first-order chi connectivity index (χ1) is 7.47. The molecule has 0 aliphatic rings. The van der Waals surface area contributed by atoms with E-state index < -0.39 is 10.0 Å². The molecule has 1 heterocycles. The molecule has 0 saturated carbocycles. The molecule has 16 heavy (non-hydrogen) atoms. The SMILES string of the molecule is CCN(CC)S(=O)(=O)c1cc(CN)oc1C. The second-order valence-electron chi connectivity index (χ2n) is 3.43. The fourth-order valence-corrected chi connectivity index (χ4v) is 3.23. The van der Waals surface area contributed by atoms with Crippen LogP contribution in [0.4, 0.5) is 0 Å². The van der Waals surface area contributed by atoms with Gasteiger partial charge in [-0.3, -0.25) is 0 Å². The lowest BCUT2D eigenvalue weighted by Gasteiger charge is -2.17. The third-order valence-electron chi connectivity index (χ3n) is 2.45. The van der Waals surface area contributed by atoms with Crippen LogP contribution in [0.25, 0.3) is 0 Å². The van der Waals surface area contributed by atoms with Crippen molar-refractivity contribution < 1.29 is 12.8 Å². The lowest BCUT2D eigenvalue weighted by atomic mass is 10.4. The average molecular weight is 246 g/mol. The van der Waals surface area contributed by atoms with Gasteiger partial charge in [0.05, 0.1) is 6.54 Å². The van der Waals surface area contributed by atoms with Gasteiger partial charge in [0, 0.05) is 19.2 Å². The molecule has 0 saturated heterocycles. The zero-order chi connectivity index (χ0) is 12.3. The molecule has 0 fully saturated rings. The highest BCUT2D eigenvalue weighted by atomic mass is 32.2. The summed E-state index contributed by atoms with van der Waals surface area (Å²) >= 11 is 0. The van der Waals surface area contributed by atoms with E-state index in [0.29, 0.717) is 24.6 Å². The summed E-state index contributed by atoms with van der Waals surface area (Å²) in [6.07, 6.45) is 0. The second-order valence-corrected chi connectivity index (χ2v) is 5.33. The van der Waals surface area contributed by atoms with Crippen molar-refractivity contribution in [2.24, 2.45) is 5.73 Å². The predicted octanol–water partition coefficient (Wildman–Crippen LogP) is 1.08. The van der Waals surface area contributed by atoms with Crippen molar-refractivity contribution in [1.82, 2.24) is 4.31 Å². The molecular weight excluding hydrogens is 228 g/mol. The summed E-state index contributed by atoms with van der Waals surface area (Å²) < 4.78 is 31.0. The second kappa shape index (κ2) is 4.99. The van der Waals surface area contributed by atoms with Crippen LogP contribution >= 0.6 is 0 Å². The molecule has 5 nitrogen and oxygen atoms in total. The van der Waals surface area contributed by atoms with Gasteiger partial charge in [0.1, 0.15) is 16.4 Å². The summed E-state index contributed by atoms with van der Waals surface area (Å²) in [5, 5.41) is 0. The molecule has 0 aliphatic carbocycles. The predicted molar refractivity (Wildman–Crippen MR) is 61.4 cm³/mol. The molecule has 92 valence electrons. The number of hydrogen-bond acceptors (Lipinski definition) is 4. The monoisotopic (exact) mass is 246 g/mol. The van der Waals surface area contributed by atoms with E-state index in [1.165, 1.54) is 10.4 Å². The molecule has 0 unspecified atom stereocenters. The van der Waals surface area contributed by atoms with Crippen molar-refractivity contribution in [2.45, 2.75) is 32.2 Å². The van der Waals surface area contributed by atoms with Crippen molar-refractivity contribution >= 4 is 10.0 Å². The van der Waals surface area contributed by atoms with Crippen LogP contribution in [0.15, 0.2) is 15.4 Å². The van der Waals surface area contributed by atoms with Crippen molar-refractivity contribution in [3.05, 3.63) is 17.6 Å². The van der Waals surface area contributed by atoms with E-state index in [-0.39, 0.29) is 11.4 Å². The minimum atomic E-state index is -3.44. The molecule has 0 atom stereocenters. The van der Waals surface area contributed by atoms with Gasteiger partial charge in [-0.05, 0) is 6.92 Å². The van der Waals surface area contributed by atoms with E-state index >= 15 is 0 Å². The number of hydrogen-bond donors (Lipinski definition) is 1. The Hall–Kier alpha value is -0.850. The minimum Gasteiger partial charge on any atom is -0.464 e. The van der Waals surface area contributed by atoms with Crippen molar-refractivity contribution in [2.75, 3.05) is 13.1 Å². The van der Waals surface area contributed by atoms with Crippen LogP contribution < -0.4 is 5.73 Å². The summed E-state index contributed by atoms with van der Waals surface area (Å²) in [4.78, 5) is 0.219. The van der Waals surface area contributed by atoms with E-state index in [4.69, 9.17) is 10.2 Å². The Kier molecular flexibility index (Phi) is 4.12. The molecule has 1 aromatic heterocycles. The van der Waals surface area contributed by atoms with Crippen molar-refractivity contribution in [3.63, 3.8) is 0 Å². The van der Waals surface area contributed by atoms with Gasteiger partial charge in [0.15, 0.2) is 0 Å². The maximum absolute atomic E-state index is 12.2. The summed E-state index contributed by atoms with van der Waals surface area (Å²) in [6, 6.07) is 1.50. The van der Waals surface area contributed by atoms with Gasteiger partial charge in [-0.1, -0.05) is 13.8 Å². The Morgan fingerprint density at radius 3 is 2.31 bits per heavy atom.